The monoisotopic (exact) mass is 387 g/mol. The number of aliphatic hydroxyl groups is 1. The van der Waals surface area contributed by atoms with Crippen molar-refractivity contribution in [2.45, 2.75) is 6.04 Å². The summed E-state index contributed by atoms with van der Waals surface area (Å²) in [6.07, 6.45) is 0. The molecule has 3 rings (SSSR count). The second-order valence-corrected chi connectivity index (χ2v) is 7.68. The van der Waals surface area contributed by atoms with Crippen LogP contribution in [-0.2, 0) is 9.59 Å². The predicted molar refractivity (Wildman–Crippen MR) is 104 cm³/mol. The number of aliphatic hydroxyl groups excluding tert-OH is 1. The number of carbonyl (C=O) groups is 2. The minimum Gasteiger partial charge on any atom is -0.507 e. The Balaban J connectivity index is 2.10. The maximum atomic E-state index is 12.8. The molecule has 1 aromatic carbocycles. The molecule has 2 aromatic rings. The van der Waals surface area contributed by atoms with Gasteiger partial charge in [-0.15, -0.1) is 11.3 Å². The normalized spacial score (nSPS) is 19.1. The molecule has 6 nitrogen and oxygen atoms in total. The van der Waals surface area contributed by atoms with E-state index in [4.69, 9.17) is 4.74 Å². The van der Waals surface area contributed by atoms with E-state index >= 15 is 0 Å². The Bertz CT molecular complexity index is 874. The molecule has 1 aliphatic rings. The zero-order chi connectivity index (χ0) is 19.6. The first-order chi connectivity index (χ1) is 12.9. The molecule has 0 spiro atoms. The molecule has 1 aliphatic heterocycles. The molecule has 0 saturated carbocycles. The number of Topliss-reactive ketones (excluding diaryl/α,β-unsaturated/α-hetero) is 1. The molecule has 0 bridgehead atoms. The Morgan fingerprint density at radius 3 is 2.67 bits per heavy atom. The van der Waals surface area contributed by atoms with Crippen molar-refractivity contribution in [2.24, 2.45) is 0 Å². The lowest BCUT2D eigenvalue weighted by atomic mass is 10.00. The van der Waals surface area contributed by atoms with Gasteiger partial charge >= 0.3 is 0 Å². The zero-order valence-electron chi connectivity index (χ0n) is 15.6. The van der Waals surface area contributed by atoms with E-state index in [0.717, 1.165) is 4.88 Å². The summed E-state index contributed by atoms with van der Waals surface area (Å²) in [5.74, 6) is -0.830. The predicted octanol–water partition coefficient (Wildman–Crippen LogP) is 1.32. The number of rotatable bonds is 6. The second-order valence-electron chi connectivity index (χ2n) is 6.70. The van der Waals surface area contributed by atoms with Crippen molar-refractivity contribution in [3.63, 3.8) is 0 Å². The van der Waals surface area contributed by atoms with E-state index in [1.54, 1.807) is 29.2 Å². The van der Waals surface area contributed by atoms with Gasteiger partial charge in [-0.25, -0.2) is 0 Å². The van der Waals surface area contributed by atoms with E-state index in [9.17, 15) is 14.7 Å². The van der Waals surface area contributed by atoms with Crippen LogP contribution in [0.15, 0.2) is 47.4 Å². The summed E-state index contributed by atoms with van der Waals surface area (Å²) in [5.41, 5.74) is 0.580. The van der Waals surface area contributed by atoms with Gasteiger partial charge in [0.05, 0.1) is 45.9 Å². The topological polar surface area (TPSA) is 71.3 Å². The molecule has 0 radical (unpaired) electrons. The number of ketones is 1. The zero-order valence-corrected chi connectivity index (χ0v) is 16.4. The van der Waals surface area contributed by atoms with Crippen LogP contribution in [0.2, 0.25) is 0 Å². The number of nitrogens with one attached hydrogen (secondary N) is 1. The Morgan fingerprint density at radius 1 is 1.26 bits per heavy atom. The molecular formula is C20H23N2O4S+. The fourth-order valence-corrected chi connectivity index (χ4v) is 3.97. The number of methoxy groups -OCH3 is 1. The molecule has 2 heterocycles. The van der Waals surface area contributed by atoms with Crippen LogP contribution in [0.25, 0.3) is 5.76 Å². The number of hydrogen-bond donors (Lipinski definition) is 2. The van der Waals surface area contributed by atoms with Crippen LogP contribution in [0.3, 0.4) is 0 Å². The van der Waals surface area contributed by atoms with E-state index in [1.165, 1.54) is 23.3 Å². The quantitative estimate of drug-likeness (QED) is 0.446. The van der Waals surface area contributed by atoms with Gasteiger partial charge in [-0.2, -0.15) is 0 Å². The van der Waals surface area contributed by atoms with Gasteiger partial charge in [0.1, 0.15) is 11.5 Å². The average Bonchev–Trinajstić information content (AvgIpc) is 3.27. The molecule has 0 unspecified atom stereocenters. The lowest BCUT2D eigenvalue weighted by Gasteiger charge is -2.24. The van der Waals surface area contributed by atoms with Gasteiger partial charge in [0, 0.05) is 10.4 Å². The number of thiophene rings is 1. The first kappa shape index (κ1) is 19.1. The number of quaternary nitrogens is 1. The SMILES string of the molecule is COc1cccc(C(O)=C2C(=O)C(=O)N(CC[NH+](C)C)[C@@H]2c2cccs2)c1. The number of likely N-dealkylation sites (tertiary alicyclic amines) is 1. The highest BCUT2D eigenvalue weighted by Gasteiger charge is 2.46. The van der Waals surface area contributed by atoms with E-state index in [0.29, 0.717) is 24.4 Å². The molecule has 1 aromatic heterocycles. The van der Waals surface area contributed by atoms with Gasteiger partial charge in [-0.05, 0) is 23.6 Å². The lowest BCUT2D eigenvalue weighted by Crippen LogP contribution is -3.06. The van der Waals surface area contributed by atoms with E-state index in [2.05, 4.69) is 0 Å². The third-order valence-corrected chi connectivity index (χ3v) is 5.47. The Hall–Kier alpha value is -2.64. The molecule has 1 fully saturated rings. The van der Waals surface area contributed by atoms with Crippen molar-refractivity contribution in [2.75, 3.05) is 34.3 Å². The smallest absolute Gasteiger partial charge is 0.295 e. The van der Waals surface area contributed by atoms with E-state index < -0.39 is 17.7 Å². The third kappa shape index (κ3) is 3.74. The standard InChI is InChI=1S/C20H22N2O4S/c1-21(2)9-10-22-17(15-8-5-11-27-15)16(19(24)20(22)25)18(23)13-6-4-7-14(12-13)26-3/h4-8,11-12,17,23H,9-10H2,1-3H3/p+1/t17-/m1/s1. The van der Waals surface area contributed by atoms with Gasteiger partial charge in [0.15, 0.2) is 0 Å². The molecule has 7 heteroatoms. The molecule has 1 atom stereocenters. The van der Waals surface area contributed by atoms with Crippen LogP contribution in [0.4, 0.5) is 0 Å². The second kappa shape index (κ2) is 7.94. The van der Waals surface area contributed by atoms with Crippen molar-refractivity contribution < 1.29 is 24.3 Å². The van der Waals surface area contributed by atoms with E-state index in [1.807, 2.05) is 31.6 Å². The highest BCUT2D eigenvalue weighted by atomic mass is 32.1. The van der Waals surface area contributed by atoms with Crippen LogP contribution in [-0.4, -0.2) is 56.0 Å². The van der Waals surface area contributed by atoms with Crippen LogP contribution < -0.4 is 9.64 Å². The van der Waals surface area contributed by atoms with Crippen molar-refractivity contribution in [3.8, 4) is 5.75 Å². The number of amides is 1. The minimum absolute atomic E-state index is 0.129. The molecular weight excluding hydrogens is 364 g/mol. The summed E-state index contributed by atoms with van der Waals surface area (Å²) >= 11 is 1.46. The molecule has 0 aliphatic carbocycles. The first-order valence-electron chi connectivity index (χ1n) is 8.69. The lowest BCUT2D eigenvalue weighted by molar-refractivity contribution is -0.857. The molecule has 1 saturated heterocycles. The van der Waals surface area contributed by atoms with Crippen molar-refractivity contribution in [1.82, 2.24) is 4.90 Å². The highest BCUT2D eigenvalue weighted by molar-refractivity contribution is 7.10. The number of hydrogen-bond acceptors (Lipinski definition) is 5. The Morgan fingerprint density at radius 2 is 2.04 bits per heavy atom. The Labute approximate surface area is 162 Å². The minimum atomic E-state index is -0.650. The number of carbonyl (C=O) groups excluding carboxylic acids is 2. The molecule has 27 heavy (non-hydrogen) atoms. The van der Waals surface area contributed by atoms with Crippen molar-refractivity contribution in [1.29, 1.82) is 0 Å². The summed E-state index contributed by atoms with van der Waals surface area (Å²) in [6.45, 7) is 1.14. The fourth-order valence-electron chi connectivity index (χ4n) is 3.12. The highest BCUT2D eigenvalue weighted by Crippen LogP contribution is 2.40. The summed E-state index contributed by atoms with van der Waals surface area (Å²) < 4.78 is 5.20. The summed E-state index contributed by atoms with van der Waals surface area (Å²) in [7, 11) is 5.52. The molecule has 2 N–H and O–H groups in total. The summed E-state index contributed by atoms with van der Waals surface area (Å²) in [5, 5.41) is 12.8. The van der Waals surface area contributed by atoms with Gasteiger partial charge in [0.25, 0.3) is 11.7 Å². The first-order valence-corrected chi connectivity index (χ1v) is 9.57. The maximum absolute atomic E-state index is 12.8. The van der Waals surface area contributed by atoms with Crippen LogP contribution >= 0.6 is 11.3 Å². The third-order valence-electron chi connectivity index (χ3n) is 4.55. The van der Waals surface area contributed by atoms with Gasteiger partial charge in [-0.1, -0.05) is 18.2 Å². The van der Waals surface area contributed by atoms with Crippen LogP contribution in [0.1, 0.15) is 16.5 Å². The van der Waals surface area contributed by atoms with E-state index in [-0.39, 0.29) is 11.3 Å². The number of nitrogens with zero attached hydrogens (tertiary/aromatic N) is 1. The average molecular weight is 387 g/mol. The number of benzene rings is 1. The summed E-state index contributed by atoms with van der Waals surface area (Å²) in [4.78, 5) is 29.1. The maximum Gasteiger partial charge on any atom is 0.295 e. The Kier molecular flexibility index (Phi) is 5.62. The largest absolute Gasteiger partial charge is 0.507 e. The fraction of sp³-hybridized carbons (Fsp3) is 0.300. The summed E-state index contributed by atoms with van der Waals surface area (Å²) in [6, 6.07) is 10.0. The van der Waals surface area contributed by atoms with Gasteiger partial charge in [0.2, 0.25) is 0 Å². The number of ether oxygens (including phenoxy) is 1. The molecule has 1 amide bonds. The number of likely N-dealkylation sites (N-methyl/N-ethyl adjacent to an activating group) is 1. The van der Waals surface area contributed by atoms with Crippen LogP contribution in [0.5, 0.6) is 5.75 Å². The van der Waals surface area contributed by atoms with Crippen LogP contribution in [0, 0.1) is 0 Å². The molecule has 142 valence electrons. The van der Waals surface area contributed by atoms with Gasteiger partial charge < -0.3 is 19.6 Å². The van der Waals surface area contributed by atoms with Crippen molar-refractivity contribution in [3.05, 3.63) is 57.8 Å². The van der Waals surface area contributed by atoms with Crippen molar-refractivity contribution >= 4 is 28.8 Å². The van der Waals surface area contributed by atoms with Gasteiger partial charge in [-0.3, -0.25) is 9.59 Å².